The van der Waals surface area contributed by atoms with Crippen LogP contribution in [0.25, 0.3) is 10.8 Å². The molecule has 1 unspecified atom stereocenters. The van der Waals surface area contributed by atoms with Gasteiger partial charge in [-0.05, 0) is 27.9 Å². The maximum atomic E-state index is 12.7. The van der Waals surface area contributed by atoms with Crippen LogP contribution >= 0.6 is 0 Å². The first kappa shape index (κ1) is 13.9. The quantitative estimate of drug-likeness (QED) is 0.751. The van der Waals surface area contributed by atoms with Gasteiger partial charge in [0.15, 0.2) is 0 Å². The number of hydrogen-bond donors (Lipinski definition) is 0. The van der Waals surface area contributed by atoms with Crippen molar-refractivity contribution in [3.63, 3.8) is 0 Å². The summed E-state index contributed by atoms with van der Waals surface area (Å²) in [5, 5.41) is 1.90. The van der Waals surface area contributed by atoms with Crippen LogP contribution < -0.4 is 0 Å². The third-order valence-electron chi connectivity index (χ3n) is 3.48. The van der Waals surface area contributed by atoms with Crippen molar-refractivity contribution >= 4 is 32.8 Å². The Morgan fingerprint density at radius 1 is 1.19 bits per heavy atom. The summed E-state index contributed by atoms with van der Waals surface area (Å²) in [6, 6.07) is 13.2. The van der Waals surface area contributed by atoms with E-state index in [4.69, 9.17) is 0 Å². The zero-order valence-corrected chi connectivity index (χ0v) is 12.0. The molecule has 5 nitrogen and oxygen atoms in total. The second-order valence-corrected chi connectivity index (χ2v) is 5.70. The molecule has 108 valence electrons. The number of rotatable bonds is 1. The summed E-state index contributed by atoms with van der Waals surface area (Å²) in [7, 11) is 0. The molecule has 1 amide bonds. The number of fused-ring (bicyclic) bond motifs is 1. The molecule has 1 atom stereocenters. The fourth-order valence-electron chi connectivity index (χ4n) is 2.45. The number of amides is 1. The Balaban J connectivity index is 1.95. The average molecular weight is 301 g/mol. The van der Waals surface area contributed by atoms with E-state index in [0.29, 0.717) is 18.7 Å². The van der Waals surface area contributed by atoms with Gasteiger partial charge < -0.3 is 9.45 Å². The summed E-state index contributed by atoms with van der Waals surface area (Å²) >= 11 is -2.37. The molecule has 0 bridgehead atoms. The highest BCUT2D eigenvalue weighted by atomic mass is 32.2. The molecule has 0 aromatic heterocycles. The Labute approximate surface area is 124 Å². The lowest BCUT2D eigenvalue weighted by Crippen LogP contribution is -2.42. The number of carbonyl (C=O) groups excluding carboxylic acids is 1. The minimum Gasteiger partial charge on any atom is -0.767 e. The lowest BCUT2D eigenvalue weighted by atomic mass is 10.0. The van der Waals surface area contributed by atoms with E-state index in [2.05, 4.69) is 4.99 Å². The van der Waals surface area contributed by atoms with Crippen molar-refractivity contribution in [1.29, 1.82) is 0 Å². The summed E-state index contributed by atoms with van der Waals surface area (Å²) in [6.07, 6.45) is 0. The lowest BCUT2D eigenvalue weighted by molar-refractivity contribution is 0.0782. The molecule has 21 heavy (non-hydrogen) atoms. The van der Waals surface area contributed by atoms with Gasteiger partial charge in [-0.15, -0.1) is 0 Å². The Bertz CT molecular complexity index is 752. The fraction of sp³-hybridized carbons (Fsp3) is 0.200. The molecule has 2 aromatic rings. The molecule has 3 rings (SSSR count). The summed E-state index contributed by atoms with van der Waals surface area (Å²) in [4.78, 5) is 18.1. The van der Waals surface area contributed by atoms with Crippen LogP contribution in [0, 0.1) is 0 Å². The molecule has 2 aromatic carbocycles. The second kappa shape index (κ2) is 5.75. The van der Waals surface area contributed by atoms with Crippen molar-refractivity contribution in [3.8, 4) is 0 Å². The third-order valence-corrected chi connectivity index (χ3v) is 4.13. The number of hydrogen-bond acceptors (Lipinski definition) is 4. The highest BCUT2D eigenvalue weighted by Crippen LogP contribution is 2.20. The molecule has 0 spiro atoms. The highest BCUT2D eigenvalue weighted by Gasteiger charge is 2.22. The van der Waals surface area contributed by atoms with Crippen LogP contribution in [0.3, 0.4) is 0 Å². The van der Waals surface area contributed by atoms with Crippen LogP contribution in [0.5, 0.6) is 0 Å². The van der Waals surface area contributed by atoms with E-state index >= 15 is 0 Å². The minimum atomic E-state index is -2.37. The van der Waals surface area contributed by atoms with Crippen molar-refractivity contribution in [2.24, 2.45) is 4.99 Å². The number of carbonyl (C=O) groups is 1. The van der Waals surface area contributed by atoms with Crippen LogP contribution in [-0.4, -0.2) is 44.2 Å². The van der Waals surface area contributed by atoms with Crippen molar-refractivity contribution in [2.75, 3.05) is 19.6 Å². The zero-order chi connectivity index (χ0) is 14.8. The van der Waals surface area contributed by atoms with Gasteiger partial charge in [0.2, 0.25) is 0 Å². The van der Waals surface area contributed by atoms with E-state index in [1.807, 2.05) is 36.4 Å². The van der Waals surface area contributed by atoms with Gasteiger partial charge >= 0.3 is 0 Å². The molecular formula is C15H13N2O3S-. The van der Waals surface area contributed by atoms with Crippen LogP contribution in [0.1, 0.15) is 10.4 Å². The van der Waals surface area contributed by atoms with Gasteiger partial charge in [0.1, 0.15) is 5.04 Å². The van der Waals surface area contributed by atoms with E-state index in [1.165, 1.54) is 4.90 Å². The Morgan fingerprint density at radius 3 is 2.76 bits per heavy atom. The minimum absolute atomic E-state index is 0.0369. The molecule has 0 saturated carbocycles. The summed E-state index contributed by atoms with van der Waals surface area (Å²) in [5.74, 6) is -0.162. The maximum Gasteiger partial charge on any atom is 0.254 e. The molecule has 6 heteroatoms. The van der Waals surface area contributed by atoms with Crippen LogP contribution in [0.4, 0.5) is 0 Å². The van der Waals surface area contributed by atoms with Gasteiger partial charge in [-0.3, -0.25) is 14.0 Å². The van der Waals surface area contributed by atoms with Gasteiger partial charge in [0.05, 0.1) is 13.1 Å². The predicted octanol–water partition coefficient (Wildman–Crippen LogP) is 1.57. The van der Waals surface area contributed by atoms with E-state index in [-0.39, 0.29) is 17.5 Å². The van der Waals surface area contributed by atoms with Crippen molar-refractivity contribution in [1.82, 2.24) is 4.90 Å². The summed E-state index contributed by atoms with van der Waals surface area (Å²) in [5.41, 5.74) is 0.589. The van der Waals surface area contributed by atoms with Gasteiger partial charge in [-0.1, -0.05) is 36.4 Å². The third kappa shape index (κ3) is 2.72. The van der Waals surface area contributed by atoms with Crippen molar-refractivity contribution in [2.45, 2.75) is 0 Å². The molecule has 1 aliphatic rings. The molecular weight excluding hydrogens is 288 g/mol. The molecule has 1 aliphatic heterocycles. The smallest absolute Gasteiger partial charge is 0.254 e. The Morgan fingerprint density at radius 2 is 1.95 bits per heavy atom. The van der Waals surface area contributed by atoms with Gasteiger partial charge in [-0.25, -0.2) is 0 Å². The standard InChI is InChI=1S/C15H14N2O3S/c18-15(17-9-8-16-14(10-17)21(19)20)13-7-3-5-11-4-1-2-6-12(11)13/h1-7H,8-10H2,(H,19,20)/p-1. The van der Waals surface area contributed by atoms with E-state index in [0.717, 1.165) is 10.8 Å². The topological polar surface area (TPSA) is 72.8 Å². The fourth-order valence-corrected chi connectivity index (χ4v) is 2.91. The SMILES string of the molecule is O=C(c1cccc2ccccc12)N1CCN=C(S(=O)[O-])C1. The van der Waals surface area contributed by atoms with Gasteiger partial charge in [0, 0.05) is 12.1 Å². The first-order valence-corrected chi connectivity index (χ1v) is 7.64. The predicted molar refractivity (Wildman–Crippen MR) is 81.1 cm³/mol. The van der Waals surface area contributed by atoms with Crippen molar-refractivity contribution in [3.05, 3.63) is 48.0 Å². The first-order valence-electron chi connectivity index (χ1n) is 6.56. The Kier molecular flexibility index (Phi) is 3.81. The van der Waals surface area contributed by atoms with Gasteiger partial charge in [-0.2, -0.15) is 0 Å². The highest BCUT2D eigenvalue weighted by molar-refractivity contribution is 7.95. The van der Waals surface area contributed by atoms with Crippen LogP contribution in [0.2, 0.25) is 0 Å². The van der Waals surface area contributed by atoms with E-state index < -0.39 is 11.1 Å². The normalized spacial score (nSPS) is 16.6. The van der Waals surface area contributed by atoms with E-state index in [1.54, 1.807) is 6.07 Å². The molecule has 1 heterocycles. The van der Waals surface area contributed by atoms with E-state index in [9.17, 15) is 13.6 Å². The molecule has 0 aliphatic carbocycles. The molecule has 0 radical (unpaired) electrons. The number of benzene rings is 2. The first-order chi connectivity index (χ1) is 10.2. The molecule has 0 fully saturated rings. The molecule has 0 saturated heterocycles. The van der Waals surface area contributed by atoms with Gasteiger partial charge in [0.25, 0.3) is 5.91 Å². The maximum absolute atomic E-state index is 12.7. The van der Waals surface area contributed by atoms with Crippen LogP contribution in [-0.2, 0) is 11.1 Å². The lowest BCUT2D eigenvalue weighted by Gasteiger charge is -2.27. The second-order valence-electron chi connectivity index (χ2n) is 4.76. The Hall–Kier alpha value is -2.05. The van der Waals surface area contributed by atoms with Crippen LogP contribution in [0.15, 0.2) is 47.5 Å². The number of aliphatic imine (C=N–C) groups is 1. The summed E-state index contributed by atoms with van der Waals surface area (Å²) in [6.45, 7) is 0.792. The monoisotopic (exact) mass is 301 g/mol. The average Bonchev–Trinajstić information content (AvgIpc) is 2.53. The zero-order valence-electron chi connectivity index (χ0n) is 11.2. The number of nitrogens with zero attached hydrogens (tertiary/aromatic N) is 2. The molecule has 0 N–H and O–H groups in total. The largest absolute Gasteiger partial charge is 0.767 e. The summed E-state index contributed by atoms with van der Waals surface area (Å²) < 4.78 is 22.0. The van der Waals surface area contributed by atoms with Crippen molar-refractivity contribution < 1.29 is 13.6 Å².